The number of nitrogens with zero attached hydrogens (tertiary/aromatic N) is 1. The van der Waals surface area contributed by atoms with Gasteiger partial charge < -0.3 is 0 Å². The van der Waals surface area contributed by atoms with Gasteiger partial charge in [0.15, 0.2) is 5.78 Å². The second kappa shape index (κ2) is 6.78. The van der Waals surface area contributed by atoms with Crippen LogP contribution in [0.15, 0.2) is 53.4 Å². The fraction of sp³-hybridized carbons (Fsp3) is 0.167. The van der Waals surface area contributed by atoms with E-state index in [2.05, 4.69) is 5.92 Å². The normalized spacial score (nSPS) is 11.2. The molecule has 0 atom stereocenters. The zero-order chi connectivity index (χ0) is 17.0. The lowest BCUT2D eigenvalue weighted by Crippen LogP contribution is -2.24. The Hall–Kier alpha value is -2.42. The fourth-order valence-corrected chi connectivity index (χ4v) is 3.24. The van der Waals surface area contributed by atoms with Gasteiger partial charge in [-0.1, -0.05) is 36.3 Å². The quantitative estimate of drug-likeness (QED) is 0.626. The largest absolute Gasteiger partial charge is 0.294 e. The first-order valence-electron chi connectivity index (χ1n) is 6.96. The SMILES string of the molecule is C#Cc1ccc(C(=O)Cc2ccccc2S(=O)(=O)N(C)C)cc1. The van der Waals surface area contributed by atoms with Crippen LogP contribution in [-0.4, -0.2) is 32.6 Å². The molecule has 5 heteroatoms. The van der Waals surface area contributed by atoms with Crippen LogP contribution in [0.1, 0.15) is 21.5 Å². The van der Waals surface area contributed by atoms with Crippen LogP contribution < -0.4 is 0 Å². The Morgan fingerprint density at radius 3 is 2.26 bits per heavy atom. The number of hydrogen-bond donors (Lipinski definition) is 0. The summed E-state index contributed by atoms with van der Waals surface area (Å²) in [4.78, 5) is 12.6. The first-order chi connectivity index (χ1) is 10.9. The first kappa shape index (κ1) is 16.9. The van der Waals surface area contributed by atoms with E-state index in [4.69, 9.17) is 6.42 Å². The Kier molecular flexibility index (Phi) is 4.99. The van der Waals surface area contributed by atoms with Crippen molar-refractivity contribution >= 4 is 15.8 Å². The number of hydrogen-bond acceptors (Lipinski definition) is 3. The van der Waals surface area contributed by atoms with E-state index in [1.807, 2.05) is 0 Å². The number of carbonyl (C=O) groups excluding carboxylic acids is 1. The number of carbonyl (C=O) groups is 1. The summed E-state index contributed by atoms with van der Waals surface area (Å²) >= 11 is 0. The van der Waals surface area contributed by atoms with Crippen LogP contribution in [0.3, 0.4) is 0 Å². The minimum Gasteiger partial charge on any atom is -0.294 e. The molecule has 4 nitrogen and oxygen atoms in total. The van der Waals surface area contributed by atoms with Crippen molar-refractivity contribution in [2.24, 2.45) is 0 Å². The molecule has 0 spiro atoms. The van der Waals surface area contributed by atoms with Crippen molar-refractivity contribution in [3.8, 4) is 12.3 Å². The highest BCUT2D eigenvalue weighted by Crippen LogP contribution is 2.20. The fourth-order valence-electron chi connectivity index (χ4n) is 2.13. The Morgan fingerprint density at radius 2 is 1.70 bits per heavy atom. The monoisotopic (exact) mass is 327 g/mol. The molecule has 0 aliphatic carbocycles. The molecule has 0 fully saturated rings. The number of terminal acetylenes is 1. The molecule has 0 saturated heterocycles. The molecule has 0 N–H and O–H groups in total. The number of ketones is 1. The molecule has 0 aromatic heterocycles. The third kappa shape index (κ3) is 3.67. The van der Waals surface area contributed by atoms with Crippen LogP contribution in [0.4, 0.5) is 0 Å². The summed E-state index contributed by atoms with van der Waals surface area (Å²) < 4.78 is 25.8. The summed E-state index contributed by atoms with van der Waals surface area (Å²) in [5.41, 5.74) is 1.67. The zero-order valence-corrected chi connectivity index (χ0v) is 13.8. The maximum atomic E-state index is 12.4. The van der Waals surface area contributed by atoms with E-state index < -0.39 is 10.0 Å². The molecule has 0 aliphatic rings. The molecule has 2 aromatic carbocycles. The Morgan fingerprint density at radius 1 is 1.09 bits per heavy atom. The highest BCUT2D eigenvalue weighted by Gasteiger charge is 2.22. The molecule has 0 unspecified atom stereocenters. The zero-order valence-electron chi connectivity index (χ0n) is 13.0. The highest BCUT2D eigenvalue weighted by atomic mass is 32.2. The van der Waals surface area contributed by atoms with Gasteiger partial charge in [-0.25, -0.2) is 12.7 Å². The minimum absolute atomic E-state index is 0.0125. The van der Waals surface area contributed by atoms with Gasteiger partial charge in [-0.15, -0.1) is 6.42 Å². The van der Waals surface area contributed by atoms with E-state index in [1.54, 1.807) is 42.5 Å². The lowest BCUT2D eigenvalue weighted by atomic mass is 10.0. The van der Waals surface area contributed by atoms with Crippen LogP contribution in [-0.2, 0) is 16.4 Å². The van der Waals surface area contributed by atoms with Crippen LogP contribution >= 0.6 is 0 Å². The molecule has 2 aromatic rings. The van der Waals surface area contributed by atoms with Crippen LogP contribution in [0, 0.1) is 12.3 Å². The van der Waals surface area contributed by atoms with Crippen molar-refractivity contribution in [1.29, 1.82) is 0 Å². The van der Waals surface area contributed by atoms with Gasteiger partial charge in [-0.2, -0.15) is 0 Å². The first-order valence-corrected chi connectivity index (χ1v) is 8.40. The minimum atomic E-state index is -3.59. The lowest BCUT2D eigenvalue weighted by molar-refractivity contribution is 0.0992. The predicted octanol–water partition coefficient (Wildman–Crippen LogP) is 2.34. The van der Waals surface area contributed by atoms with Crippen molar-refractivity contribution in [3.05, 3.63) is 65.2 Å². The average Bonchev–Trinajstić information content (AvgIpc) is 2.55. The predicted molar refractivity (Wildman–Crippen MR) is 89.7 cm³/mol. The van der Waals surface area contributed by atoms with Crippen molar-refractivity contribution in [3.63, 3.8) is 0 Å². The van der Waals surface area contributed by atoms with Gasteiger partial charge >= 0.3 is 0 Å². The van der Waals surface area contributed by atoms with Gasteiger partial charge in [-0.05, 0) is 23.8 Å². The maximum Gasteiger partial charge on any atom is 0.242 e. The van der Waals surface area contributed by atoms with Crippen molar-refractivity contribution in [1.82, 2.24) is 4.31 Å². The van der Waals surface area contributed by atoms with E-state index >= 15 is 0 Å². The standard InChI is InChI=1S/C18H17NO3S/c1-4-14-9-11-15(12-10-14)17(20)13-16-7-5-6-8-18(16)23(21,22)19(2)3/h1,5-12H,13H2,2-3H3. The van der Waals surface area contributed by atoms with Crippen LogP contribution in [0.25, 0.3) is 0 Å². The van der Waals surface area contributed by atoms with Crippen molar-refractivity contribution in [2.45, 2.75) is 11.3 Å². The second-order valence-electron chi connectivity index (χ2n) is 5.22. The molecular formula is C18H17NO3S. The van der Waals surface area contributed by atoms with Gasteiger partial charge in [0.25, 0.3) is 0 Å². The molecule has 0 bridgehead atoms. The van der Waals surface area contributed by atoms with Crippen molar-refractivity contribution < 1.29 is 13.2 Å². The average molecular weight is 327 g/mol. The Labute approximate surface area is 136 Å². The topological polar surface area (TPSA) is 54.5 Å². The van der Waals surface area contributed by atoms with E-state index in [1.165, 1.54) is 20.2 Å². The summed E-state index contributed by atoms with van der Waals surface area (Å²) in [6, 6.07) is 13.2. The van der Waals surface area contributed by atoms with E-state index in [9.17, 15) is 13.2 Å². The molecule has 0 radical (unpaired) electrons. The molecule has 2 rings (SSSR count). The molecule has 118 valence electrons. The van der Waals surface area contributed by atoms with E-state index in [0.717, 1.165) is 4.31 Å². The molecular weight excluding hydrogens is 310 g/mol. The second-order valence-corrected chi connectivity index (χ2v) is 7.34. The summed E-state index contributed by atoms with van der Waals surface area (Å²) in [6.45, 7) is 0. The lowest BCUT2D eigenvalue weighted by Gasteiger charge is -2.14. The van der Waals surface area contributed by atoms with Gasteiger partial charge in [-0.3, -0.25) is 4.79 Å². The third-order valence-electron chi connectivity index (χ3n) is 3.46. The molecule has 0 amide bonds. The highest BCUT2D eigenvalue weighted by molar-refractivity contribution is 7.89. The van der Waals surface area contributed by atoms with E-state index in [0.29, 0.717) is 16.7 Å². The van der Waals surface area contributed by atoms with Gasteiger partial charge in [0.1, 0.15) is 0 Å². The van der Waals surface area contributed by atoms with E-state index in [-0.39, 0.29) is 17.1 Å². The van der Waals surface area contributed by atoms with Crippen LogP contribution in [0.2, 0.25) is 0 Å². The number of sulfonamides is 1. The summed E-state index contributed by atoms with van der Waals surface area (Å²) in [7, 11) is -0.662. The molecule has 0 aliphatic heterocycles. The summed E-state index contributed by atoms with van der Waals surface area (Å²) in [5, 5.41) is 0. The Balaban J connectivity index is 2.34. The molecule has 0 heterocycles. The van der Waals surface area contributed by atoms with Gasteiger partial charge in [0, 0.05) is 31.6 Å². The number of rotatable bonds is 5. The molecule has 0 saturated carbocycles. The smallest absolute Gasteiger partial charge is 0.242 e. The number of benzene rings is 2. The summed E-state index contributed by atoms with van der Waals surface area (Å²) in [5.74, 6) is 2.33. The van der Waals surface area contributed by atoms with Crippen LogP contribution in [0.5, 0.6) is 0 Å². The van der Waals surface area contributed by atoms with Crippen molar-refractivity contribution in [2.75, 3.05) is 14.1 Å². The van der Waals surface area contributed by atoms with Gasteiger partial charge in [0.05, 0.1) is 4.90 Å². The number of Topliss-reactive ketones (excluding diaryl/α,β-unsaturated/α-hetero) is 1. The summed E-state index contributed by atoms with van der Waals surface area (Å²) in [6.07, 6.45) is 5.30. The maximum absolute atomic E-state index is 12.4. The van der Waals surface area contributed by atoms with Gasteiger partial charge in [0.2, 0.25) is 10.0 Å². The molecule has 23 heavy (non-hydrogen) atoms. The third-order valence-corrected chi connectivity index (χ3v) is 5.37. The Bertz CT molecular complexity index is 860.